The van der Waals surface area contributed by atoms with E-state index in [1.54, 1.807) is 6.07 Å². The van der Waals surface area contributed by atoms with Crippen molar-refractivity contribution in [1.29, 1.82) is 0 Å². The van der Waals surface area contributed by atoms with Gasteiger partial charge < -0.3 is 14.6 Å². The van der Waals surface area contributed by atoms with Crippen LogP contribution in [0.15, 0.2) is 42.5 Å². The van der Waals surface area contributed by atoms with Gasteiger partial charge >= 0.3 is 0 Å². The van der Waals surface area contributed by atoms with E-state index in [-0.39, 0.29) is 5.91 Å². The minimum Gasteiger partial charge on any atom is -0.492 e. The molecular weight excluding hydrogens is 386 g/mol. The molecule has 0 bridgehead atoms. The number of carbonyl (C=O) groups excluding carboxylic acids is 1. The topological polar surface area (TPSA) is 58.2 Å². The fourth-order valence-corrected chi connectivity index (χ4v) is 4.05. The first-order chi connectivity index (χ1) is 14.1. The van der Waals surface area contributed by atoms with Gasteiger partial charge in [-0.3, -0.25) is 4.79 Å². The number of para-hydroxylation sites is 1. The molecule has 1 aromatic heterocycles. The summed E-state index contributed by atoms with van der Waals surface area (Å²) >= 11 is 6.08. The van der Waals surface area contributed by atoms with E-state index in [0.717, 1.165) is 42.8 Å². The highest BCUT2D eigenvalue weighted by Gasteiger charge is 2.25. The molecule has 1 amide bonds. The molecule has 3 aromatic rings. The molecule has 1 N–H and O–H groups in total. The molecule has 2 aromatic carbocycles. The van der Waals surface area contributed by atoms with Crippen LogP contribution in [0.5, 0.6) is 5.75 Å². The number of nitrogens with one attached hydrogen (secondary N) is 1. The van der Waals surface area contributed by atoms with Crippen LogP contribution in [-0.4, -0.2) is 40.5 Å². The summed E-state index contributed by atoms with van der Waals surface area (Å²) in [5.74, 6) is 2.30. The van der Waals surface area contributed by atoms with Crippen molar-refractivity contribution < 1.29 is 9.53 Å². The number of aromatic nitrogens is 2. The quantitative estimate of drug-likeness (QED) is 0.575. The van der Waals surface area contributed by atoms with Crippen molar-refractivity contribution in [1.82, 2.24) is 14.9 Å². The molecule has 1 fully saturated rings. The minimum atomic E-state index is 0.200. The van der Waals surface area contributed by atoms with Gasteiger partial charge in [-0.25, -0.2) is 4.98 Å². The molecule has 1 aliphatic rings. The molecule has 152 valence electrons. The molecule has 29 heavy (non-hydrogen) atoms. The van der Waals surface area contributed by atoms with Gasteiger partial charge in [0.25, 0.3) is 0 Å². The summed E-state index contributed by atoms with van der Waals surface area (Å²) in [7, 11) is 0. The lowest BCUT2D eigenvalue weighted by molar-refractivity contribution is -0.132. The Labute approximate surface area is 176 Å². The van der Waals surface area contributed by atoms with E-state index in [2.05, 4.69) is 30.1 Å². The summed E-state index contributed by atoms with van der Waals surface area (Å²) in [6.45, 7) is 4.14. The predicted octanol–water partition coefficient (Wildman–Crippen LogP) is 5.09. The van der Waals surface area contributed by atoms with Gasteiger partial charge in [0.05, 0.1) is 22.7 Å². The van der Waals surface area contributed by atoms with Crippen molar-refractivity contribution in [2.45, 2.75) is 38.5 Å². The van der Waals surface area contributed by atoms with Crippen molar-refractivity contribution in [3.05, 3.63) is 58.9 Å². The summed E-state index contributed by atoms with van der Waals surface area (Å²) in [4.78, 5) is 22.7. The summed E-state index contributed by atoms with van der Waals surface area (Å²) in [6.07, 6.45) is 3.08. The number of H-pyrrole nitrogens is 1. The first-order valence-electron chi connectivity index (χ1n) is 10.2. The average molecular weight is 412 g/mol. The Balaban J connectivity index is 1.23. The fourth-order valence-electron chi connectivity index (χ4n) is 3.86. The number of aryl methyl sites for hydroxylation is 1. The van der Waals surface area contributed by atoms with E-state index in [9.17, 15) is 4.79 Å². The summed E-state index contributed by atoms with van der Waals surface area (Å²) < 4.78 is 5.67. The maximum Gasteiger partial charge on any atom is 0.222 e. The lowest BCUT2D eigenvalue weighted by Gasteiger charge is -2.31. The number of fused-ring (bicyclic) bond motifs is 1. The van der Waals surface area contributed by atoms with Gasteiger partial charge in [0, 0.05) is 25.4 Å². The molecule has 0 spiro atoms. The SMILES string of the molecule is Cc1ccc2nc(C3CCN(C(=O)CCCOc4ccccc4Cl)CC3)[nH]c2c1. The molecule has 5 nitrogen and oxygen atoms in total. The second kappa shape index (κ2) is 8.87. The number of likely N-dealkylation sites (tertiary alicyclic amines) is 1. The standard InChI is InChI=1S/C23H26ClN3O2/c1-16-8-9-19-20(15-16)26-23(25-19)17-10-12-27(13-11-17)22(28)7-4-14-29-21-6-3-2-5-18(21)24/h2-3,5-6,8-9,15,17H,4,7,10-14H2,1H3,(H,25,26). The van der Waals surface area contributed by atoms with Crippen molar-refractivity contribution in [2.24, 2.45) is 0 Å². The predicted molar refractivity (Wildman–Crippen MR) is 116 cm³/mol. The van der Waals surface area contributed by atoms with Crippen LogP contribution >= 0.6 is 11.6 Å². The molecule has 0 atom stereocenters. The molecule has 0 radical (unpaired) electrons. The van der Waals surface area contributed by atoms with E-state index in [0.29, 0.717) is 36.1 Å². The second-order valence-corrected chi connectivity index (χ2v) is 8.09. The average Bonchev–Trinajstić information content (AvgIpc) is 3.15. The number of carbonyl (C=O) groups is 1. The van der Waals surface area contributed by atoms with Crippen molar-refractivity contribution in [3.8, 4) is 5.75 Å². The van der Waals surface area contributed by atoms with Crippen LogP contribution in [0.3, 0.4) is 0 Å². The van der Waals surface area contributed by atoms with Gasteiger partial charge in [0.2, 0.25) is 5.91 Å². The largest absolute Gasteiger partial charge is 0.492 e. The monoisotopic (exact) mass is 411 g/mol. The van der Waals surface area contributed by atoms with Crippen LogP contribution in [0.2, 0.25) is 5.02 Å². The zero-order valence-electron chi connectivity index (χ0n) is 16.7. The Hall–Kier alpha value is -2.53. The van der Waals surface area contributed by atoms with Crippen LogP contribution in [0.4, 0.5) is 0 Å². The third kappa shape index (κ3) is 4.73. The molecule has 1 saturated heterocycles. The Morgan fingerprint density at radius 3 is 2.83 bits per heavy atom. The van der Waals surface area contributed by atoms with Crippen LogP contribution in [-0.2, 0) is 4.79 Å². The molecular formula is C23H26ClN3O2. The van der Waals surface area contributed by atoms with Crippen LogP contribution < -0.4 is 4.74 Å². The second-order valence-electron chi connectivity index (χ2n) is 7.68. The van der Waals surface area contributed by atoms with Gasteiger partial charge in [-0.1, -0.05) is 29.8 Å². The van der Waals surface area contributed by atoms with E-state index >= 15 is 0 Å². The first kappa shape index (κ1) is 19.8. The highest BCUT2D eigenvalue weighted by molar-refractivity contribution is 6.32. The van der Waals surface area contributed by atoms with Crippen LogP contribution in [0, 0.1) is 6.92 Å². The van der Waals surface area contributed by atoms with Crippen molar-refractivity contribution >= 4 is 28.5 Å². The Bertz CT molecular complexity index is 993. The van der Waals surface area contributed by atoms with E-state index < -0.39 is 0 Å². The molecule has 0 saturated carbocycles. The zero-order valence-corrected chi connectivity index (χ0v) is 17.4. The fraction of sp³-hybridized carbons (Fsp3) is 0.391. The number of ether oxygens (including phenoxy) is 1. The molecule has 1 aliphatic heterocycles. The van der Waals surface area contributed by atoms with E-state index in [4.69, 9.17) is 21.3 Å². The molecule has 4 rings (SSSR count). The van der Waals surface area contributed by atoms with E-state index in [1.807, 2.05) is 23.1 Å². The number of aromatic amines is 1. The number of imidazole rings is 1. The maximum atomic E-state index is 12.5. The Morgan fingerprint density at radius 2 is 2.03 bits per heavy atom. The number of rotatable bonds is 6. The van der Waals surface area contributed by atoms with Gasteiger partial charge in [-0.15, -0.1) is 0 Å². The highest BCUT2D eigenvalue weighted by atomic mass is 35.5. The minimum absolute atomic E-state index is 0.200. The molecule has 0 unspecified atom stereocenters. The normalized spacial score (nSPS) is 15.0. The summed E-state index contributed by atoms with van der Waals surface area (Å²) in [5, 5.41) is 0.599. The number of hydrogen-bond acceptors (Lipinski definition) is 3. The number of halogens is 1. The number of amides is 1. The number of piperidine rings is 1. The highest BCUT2D eigenvalue weighted by Crippen LogP contribution is 2.28. The molecule has 2 heterocycles. The van der Waals surface area contributed by atoms with Gasteiger partial charge in [0.1, 0.15) is 11.6 Å². The maximum absolute atomic E-state index is 12.5. The van der Waals surface area contributed by atoms with Gasteiger partial charge in [0.15, 0.2) is 0 Å². The number of benzene rings is 2. The van der Waals surface area contributed by atoms with E-state index in [1.165, 1.54) is 5.56 Å². The Morgan fingerprint density at radius 1 is 1.24 bits per heavy atom. The third-order valence-electron chi connectivity index (χ3n) is 5.52. The number of hydrogen-bond donors (Lipinski definition) is 1. The smallest absolute Gasteiger partial charge is 0.222 e. The Kier molecular flexibility index (Phi) is 6.05. The zero-order chi connectivity index (χ0) is 20.2. The summed E-state index contributed by atoms with van der Waals surface area (Å²) in [5.41, 5.74) is 3.34. The van der Waals surface area contributed by atoms with Crippen molar-refractivity contribution in [2.75, 3.05) is 19.7 Å². The lowest BCUT2D eigenvalue weighted by Crippen LogP contribution is -2.38. The van der Waals surface area contributed by atoms with Crippen molar-refractivity contribution in [3.63, 3.8) is 0 Å². The van der Waals surface area contributed by atoms with Crippen LogP contribution in [0.1, 0.15) is 43.0 Å². The van der Waals surface area contributed by atoms with Gasteiger partial charge in [-0.2, -0.15) is 0 Å². The first-order valence-corrected chi connectivity index (χ1v) is 10.6. The number of nitrogens with zero attached hydrogens (tertiary/aromatic N) is 2. The van der Waals surface area contributed by atoms with Crippen LogP contribution in [0.25, 0.3) is 11.0 Å². The summed E-state index contributed by atoms with van der Waals surface area (Å²) in [6, 6.07) is 13.7. The lowest BCUT2D eigenvalue weighted by atomic mass is 9.96. The molecule has 6 heteroatoms. The molecule has 0 aliphatic carbocycles. The third-order valence-corrected chi connectivity index (χ3v) is 5.83. The van der Waals surface area contributed by atoms with Gasteiger partial charge in [-0.05, 0) is 56.0 Å².